The van der Waals surface area contributed by atoms with Gasteiger partial charge in [0.05, 0.1) is 34.6 Å². The van der Waals surface area contributed by atoms with E-state index in [2.05, 4.69) is 101 Å². The summed E-state index contributed by atoms with van der Waals surface area (Å²) >= 11 is 0. The van der Waals surface area contributed by atoms with Gasteiger partial charge in [0.15, 0.2) is 23.2 Å². The van der Waals surface area contributed by atoms with E-state index in [4.69, 9.17) is 21.5 Å². The summed E-state index contributed by atoms with van der Waals surface area (Å²) in [4.78, 5) is 20.8. The summed E-state index contributed by atoms with van der Waals surface area (Å²) in [5, 5.41) is 10.9. The number of rotatable bonds is 4. The highest BCUT2D eigenvalue weighted by molar-refractivity contribution is 5.97. The van der Waals surface area contributed by atoms with E-state index >= 15 is 0 Å². The van der Waals surface area contributed by atoms with Gasteiger partial charge in [-0.1, -0.05) is 146 Å². The minimum absolute atomic E-state index is 0.328. The highest BCUT2D eigenvalue weighted by Crippen LogP contribution is 2.63. The van der Waals surface area contributed by atoms with Gasteiger partial charge in [-0.25, -0.2) is 19.8 Å². The van der Waals surface area contributed by atoms with Crippen LogP contribution in [0.3, 0.4) is 0 Å². The van der Waals surface area contributed by atoms with Crippen LogP contribution in [-0.4, -0.2) is 15.0 Å². The van der Waals surface area contributed by atoms with Crippen molar-refractivity contribution in [1.82, 2.24) is 15.0 Å². The molecule has 1 spiro atoms. The molecule has 0 radical (unpaired) electrons. The molecule has 0 unspecified atom stereocenters. The minimum atomic E-state index is -0.585. The van der Waals surface area contributed by atoms with Crippen LogP contribution in [0.4, 0.5) is 22.7 Å². The number of hydrogen-bond donors (Lipinski definition) is 0. The van der Waals surface area contributed by atoms with E-state index in [0.29, 0.717) is 40.0 Å². The lowest BCUT2D eigenvalue weighted by atomic mass is 9.64. The predicted octanol–water partition coefficient (Wildman–Crippen LogP) is 11.4. The minimum Gasteiger partial charge on any atom is -0.310 e. The molecule has 0 saturated carbocycles. The summed E-state index contributed by atoms with van der Waals surface area (Å²) in [5.41, 5.74) is 11.9. The number of anilines is 3. The number of nitrogens with zero attached hydrogens (tertiary/aromatic N) is 6. The van der Waals surface area contributed by atoms with Crippen LogP contribution in [0, 0.1) is 17.9 Å². The molecule has 7 aromatic carbocycles. The summed E-state index contributed by atoms with van der Waals surface area (Å²) in [6.07, 6.45) is 0. The zero-order valence-electron chi connectivity index (χ0n) is 28.8. The SMILES string of the molecule is [C-]#[N+]c1cc(N2c3ccccc3C3(c4ccccc4-c4ccccc43)c3ccccc32)c(C#N)cc1-c1nc(-c2ccccc2)nc(-c2ccccc2)n1. The predicted molar refractivity (Wildman–Crippen MR) is 213 cm³/mol. The molecule has 0 N–H and O–H groups in total. The van der Waals surface area contributed by atoms with Gasteiger partial charge in [-0.15, -0.1) is 0 Å². The number of hydrogen-bond acceptors (Lipinski definition) is 5. The van der Waals surface area contributed by atoms with Gasteiger partial charge >= 0.3 is 0 Å². The summed E-state index contributed by atoms with van der Waals surface area (Å²) < 4.78 is 0. The largest absolute Gasteiger partial charge is 0.310 e. The van der Waals surface area contributed by atoms with Crippen LogP contribution in [0.25, 0.3) is 50.1 Å². The maximum Gasteiger partial charge on any atom is 0.200 e. The number of aromatic nitrogens is 3. The average Bonchev–Trinajstić information content (AvgIpc) is 3.54. The topological polar surface area (TPSA) is 70.1 Å². The van der Waals surface area contributed by atoms with Crippen molar-refractivity contribution in [1.29, 1.82) is 5.26 Å². The Labute approximate surface area is 312 Å². The van der Waals surface area contributed by atoms with Crippen molar-refractivity contribution in [3.8, 4) is 51.4 Å². The zero-order valence-corrected chi connectivity index (χ0v) is 28.8. The maximum atomic E-state index is 10.9. The lowest BCUT2D eigenvalue weighted by molar-refractivity contribution is 0.752. The standard InChI is InChI=1S/C48H28N6/c1-50-41-29-44(33(30-49)28-36(41)47-52-45(31-16-4-2-5-17-31)51-46(53-47)32-18-6-3-7-19-32)54-42-26-14-12-24-39(42)48(40-25-13-15-27-43(40)54)37-22-10-8-20-34(37)35-21-9-11-23-38(35)48/h2-29H. The molecule has 0 fully saturated rings. The van der Waals surface area contributed by atoms with E-state index in [1.807, 2.05) is 78.9 Å². The Kier molecular flexibility index (Phi) is 7.05. The summed E-state index contributed by atoms with van der Waals surface area (Å²) in [6, 6.07) is 59.8. The quantitative estimate of drug-likeness (QED) is 0.172. The molecule has 6 heteroatoms. The molecule has 8 aromatic rings. The number of para-hydroxylation sites is 2. The molecule has 0 saturated heterocycles. The first-order valence-corrected chi connectivity index (χ1v) is 17.7. The summed E-state index contributed by atoms with van der Waals surface area (Å²) in [5.74, 6) is 1.30. The van der Waals surface area contributed by atoms with Gasteiger partial charge in [-0.3, -0.25) is 0 Å². The molecule has 0 amide bonds. The Bertz CT molecular complexity index is 2720. The normalized spacial score (nSPS) is 12.9. The molecule has 1 aromatic heterocycles. The van der Waals surface area contributed by atoms with Crippen LogP contribution in [0.15, 0.2) is 170 Å². The van der Waals surface area contributed by atoms with E-state index in [-0.39, 0.29) is 0 Å². The van der Waals surface area contributed by atoms with Crippen LogP contribution in [0.5, 0.6) is 0 Å². The van der Waals surface area contributed by atoms with Gasteiger partial charge < -0.3 is 4.90 Å². The van der Waals surface area contributed by atoms with Crippen molar-refractivity contribution >= 4 is 22.7 Å². The van der Waals surface area contributed by atoms with Crippen LogP contribution in [0.1, 0.15) is 27.8 Å². The second-order valence-electron chi connectivity index (χ2n) is 13.4. The Morgan fingerprint density at radius 3 is 1.43 bits per heavy atom. The molecule has 2 heterocycles. The molecular weight excluding hydrogens is 661 g/mol. The van der Waals surface area contributed by atoms with Crippen LogP contribution in [-0.2, 0) is 5.41 Å². The lowest BCUT2D eigenvalue weighted by Gasteiger charge is -2.45. The lowest BCUT2D eigenvalue weighted by Crippen LogP contribution is -2.36. The molecule has 54 heavy (non-hydrogen) atoms. The van der Waals surface area contributed by atoms with Gasteiger partial charge in [-0.2, -0.15) is 5.26 Å². The van der Waals surface area contributed by atoms with E-state index in [9.17, 15) is 5.26 Å². The van der Waals surface area contributed by atoms with Crippen molar-refractivity contribution in [2.45, 2.75) is 5.41 Å². The van der Waals surface area contributed by atoms with E-state index in [1.54, 1.807) is 6.07 Å². The van der Waals surface area contributed by atoms with Gasteiger partial charge in [0.2, 0.25) is 0 Å². The van der Waals surface area contributed by atoms with Crippen molar-refractivity contribution in [2.75, 3.05) is 4.90 Å². The number of nitriles is 1. The Balaban J connectivity index is 1.21. The third-order valence-electron chi connectivity index (χ3n) is 10.6. The zero-order chi connectivity index (χ0) is 36.2. The first kappa shape index (κ1) is 31.1. The molecule has 2 aliphatic rings. The first-order chi connectivity index (χ1) is 26.7. The Morgan fingerprint density at radius 2 is 0.926 bits per heavy atom. The van der Waals surface area contributed by atoms with Gasteiger partial charge in [0.1, 0.15) is 6.07 Å². The molecule has 1 aliphatic carbocycles. The molecule has 0 bridgehead atoms. The van der Waals surface area contributed by atoms with E-state index in [1.165, 1.54) is 22.3 Å². The second kappa shape index (κ2) is 12.2. The van der Waals surface area contributed by atoms with Crippen molar-refractivity contribution in [3.63, 3.8) is 0 Å². The van der Waals surface area contributed by atoms with Crippen molar-refractivity contribution in [3.05, 3.63) is 209 Å². The Morgan fingerprint density at radius 1 is 0.481 bits per heavy atom. The van der Waals surface area contributed by atoms with Gasteiger partial charge in [-0.05, 0) is 57.6 Å². The summed E-state index contributed by atoms with van der Waals surface area (Å²) in [6.45, 7) is 8.44. The van der Waals surface area contributed by atoms with Crippen molar-refractivity contribution < 1.29 is 0 Å². The monoisotopic (exact) mass is 688 g/mol. The van der Waals surface area contributed by atoms with Gasteiger partial charge in [0, 0.05) is 16.7 Å². The van der Waals surface area contributed by atoms with Gasteiger partial charge in [0.25, 0.3) is 0 Å². The third kappa shape index (κ3) is 4.48. The fourth-order valence-electron chi connectivity index (χ4n) is 8.37. The fourth-order valence-corrected chi connectivity index (χ4v) is 8.37. The molecule has 1 aliphatic heterocycles. The third-order valence-corrected chi connectivity index (χ3v) is 10.6. The molecule has 10 rings (SSSR count). The van der Waals surface area contributed by atoms with E-state index in [0.717, 1.165) is 33.6 Å². The number of benzene rings is 7. The van der Waals surface area contributed by atoms with Crippen LogP contribution < -0.4 is 4.90 Å². The second-order valence-corrected chi connectivity index (χ2v) is 13.4. The Hall–Kier alpha value is -7.67. The van der Waals surface area contributed by atoms with Crippen LogP contribution in [0.2, 0.25) is 0 Å². The highest BCUT2D eigenvalue weighted by Gasteiger charge is 2.51. The van der Waals surface area contributed by atoms with Crippen molar-refractivity contribution in [2.24, 2.45) is 0 Å². The first-order valence-electron chi connectivity index (χ1n) is 17.7. The maximum absolute atomic E-state index is 10.9. The number of fused-ring (bicyclic) bond motifs is 9. The molecule has 0 atom stereocenters. The van der Waals surface area contributed by atoms with Crippen LogP contribution >= 0.6 is 0 Å². The molecule has 250 valence electrons. The van der Waals surface area contributed by atoms with E-state index < -0.39 is 5.41 Å². The smallest absolute Gasteiger partial charge is 0.200 e. The molecule has 6 nitrogen and oxygen atoms in total. The highest BCUT2D eigenvalue weighted by atomic mass is 15.2. The fraction of sp³-hybridized carbons (Fsp3) is 0.0208. The summed E-state index contributed by atoms with van der Waals surface area (Å²) in [7, 11) is 0. The molecular formula is C48H28N6. The average molecular weight is 689 g/mol.